The lowest BCUT2D eigenvalue weighted by Crippen LogP contribution is -2.35. The minimum atomic E-state index is 0.434. The van der Waals surface area contributed by atoms with Crippen LogP contribution in [-0.2, 0) is 4.79 Å². The van der Waals surface area contributed by atoms with Crippen LogP contribution in [0, 0.1) is 17.8 Å². The van der Waals surface area contributed by atoms with Crippen LogP contribution < -0.4 is 5.32 Å². The maximum absolute atomic E-state index is 11.9. The van der Waals surface area contributed by atoms with Crippen molar-refractivity contribution in [1.82, 2.24) is 5.32 Å². The summed E-state index contributed by atoms with van der Waals surface area (Å²) in [5.41, 5.74) is 0. The van der Waals surface area contributed by atoms with Gasteiger partial charge < -0.3 is 5.32 Å². The molecule has 2 rings (SSSR count). The highest BCUT2D eigenvalue weighted by molar-refractivity contribution is 5.81. The summed E-state index contributed by atoms with van der Waals surface area (Å²) in [6.07, 6.45) is 7.02. The quantitative estimate of drug-likeness (QED) is 0.770. The molecular weight excluding hydrogens is 186 g/mol. The fourth-order valence-corrected chi connectivity index (χ4v) is 2.75. The SMILES string of the molecule is CC(CC(=O)C1CCC1)C1CCCNC1. The molecule has 1 saturated carbocycles. The number of carbonyl (C=O) groups is 1. The lowest BCUT2D eigenvalue weighted by atomic mass is 9.76. The van der Waals surface area contributed by atoms with E-state index < -0.39 is 0 Å². The maximum atomic E-state index is 11.9. The molecule has 0 aromatic heterocycles. The number of carbonyl (C=O) groups excluding carboxylic acids is 1. The van der Waals surface area contributed by atoms with Gasteiger partial charge in [0.05, 0.1) is 0 Å². The average molecular weight is 209 g/mol. The van der Waals surface area contributed by atoms with Crippen molar-refractivity contribution in [3.8, 4) is 0 Å². The molecule has 1 aliphatic heterocycles. The van der Waals surface area contributed by atoms with Crippen LogP contribution in [0.5, 0.6) is 0 Å². The number of piperidine rings is 1. The van der Waals surface area contributed by atoms with E-state index in [0.29, 0.717) is 17.6 Å². The molecule has 1 saturated heterocycles. The van der Waals surface area contributed by atoms with Crippen molar-refractivity contribution in [2.45, 2.75) is 45.4 Å². The second kappa shape index (κ2) is 5.11. The van der Waals surface area contributed by atoms with Crippen molar-refractivity contribution >= 4 is 5.78 Å². The first-order valence-electron chi connectivity index (χ1n) is 6.51. The molecule has 0 aromatic rings. The Kier molecular flexibility index (Phi) is 3.79. The summed E-state index contributed by atoms with van der Waals surface area (Å²) >= 11 is 0. The Hall–Kier alpha value is -0.370. The van der Waals surface area contributed by atoms with Crippen LogP contribution in [0.2, 0.25) is 0 Å². The van der Waals surface area contributed by atoms with Gasteiger partial charge in [0.2, 0.25) is 0 Å². The summed E-state index contributed by atoms with van der Waals surface area (Å²) in [6.45, 7) is 4.55. The van der Waals surface area contributed by atoms with E-state index in [4.69, 9.17) is 0 Å². The highest BCUT2D eigenvalue weighted by atomic mass is 16.1. The molecule has 2 unspecified atom stereocenters. The Morgan fingerprint density at radius 3 is 2.67 bits per heavy atom. The van der Waals surface area contributed by atoms with E-state index in [-0.39, 0.29) is 0 Å². The van der Waals surface area contributed by atoms with E-state index in [1.165, 1.54) is 25.8 Å². The van der Waals surface area contributed by atoms with E-state index in [0.717, 1.165) is 31.7 Å². The molecule has 1 aliphatic carbocycles. The molecule has 1 N–H and O–H groups in total. The lowest BCUT2D eigenvalue weighted by molar-refractivity contribution is -0.126. The smallest absolute Gasteiger partial charge is 0.136 e. The van der Waals surface area contributed by atoms with Gasteiger partial charge in [-0.1, -0.05) is 13.3 Å². The first-order chi connectivity index (χ1) is 7.27. The van der Waals surface area contributed by atoms with Crippen LogP contribution in [0.1, 0.15) is 45.4 Å². The van der Waals surface area contributed by atoms with Crippen LogP contribution in [0.15, 0.2) is 0 Å². The molecule has 0 amide bonds. The third-order valence-electron chi connectivity index (χ3n) is 4.22. The third-order valence-corrected chi connectivity index (χ3v) is 4.22. The highest BCUT2D eigenvalue weighted by Crippen LogP contribution is 2.31. The van der Waals surface area contributed by atoms with Crippen molar-refractivity contribution in [3.63, 3.8) is 0 Å². The molecule has 2 nitrogen and oxygen atoms in total. The molecule has 86 valence electrons. The van der Waals surface area contributed by atoms with Crippen LogP contribution in [0.25, 0.3) is 0 Å². The molecule has 1 heterocycles. The van der Waals surface area contributed by atoms with E-state index in [9.17, 15) is 4.79 Å². The first kappa shape index (κ1) is 11.1. The zero-order valence-corrected chi connectivity index (χ0v) is 9.80. The summed E-state index contributed by atoms with van der Waals surface area (Å²) in [5.74, 6) is 2.30. The minimum absolute atomic E-state index is 0.434. The van der Waals surface area contributed by atoms with Crippen molar-refractivity contribution in [1.29, 1.82) is 0 Å². The van der Waals surface area contributed by atoms with Gasteiger partial charge in [-0.15, -0.1) is 0 Å². The third kappa shape index (κ3) is 2.81. The molecule has 0 radical (unpaired) electrons. The number of hydrogen-bond acceptors (Lipinski definition) is 2. The second-order valence-electron chi connectivity index (χ2n) is 5.38. The molecular formula is C13H23NO. The normalized spacial score (nSPS) is 29.5. The molecule has 2 fully saturated rings. The average Bonchev–Trinajstić information content (AvgIpc) is 2.16. The largest absolute Gasteiger partial charge is 0.316 e. The molecule has 15 heavy (non-hydrogen) atoms. The van der Waals surface area contributed by atoms with Crippen molar-refractivity contribution in [2.24, 2.45) is 17.8 Å². The number of ketones is 1. The predicted molar refractivity (Wildman–Crippen MR) is 61.7 cm³/mol. The Balaban J connectivity index is 1.74. The second-order valence-corrected chi connectivity index (χ2v) is 5.38. The predicted octanol–water partition coefficient (Wildman–Crippen LogP) is 2.38. The molecule has 2 aliphatic rings. The van der Waals surface area contributed by atoms with Crippen molar-refractivity contribution in [2.75, 3.05) is 13.1 Å². The zero-order chi connectivity index (χ0) is 10.7. The van der Waals surface area contributed by atoms with Gasteiger partial charge in [-0.05, 0) is 50.6 Å². The highest BCUT2D eigenvalue weighted by Gasteiger charge is 2.28. The van der Waals surface area contributed by atoms with Crippen LogP contribution in [0.4, 0.5) is 0 Å². The monoisotopic (exact) mass is 209 g/mol. The number of Topliss-reactive ketones (excluding diaryl/α,β-unsaturated/α-hetero) is 1. The summed E-state index contributed by atoms with van der Waals surface area (Å²) in [7, 11) is 0. The van der Waals surface area contributed by atoms with Gasteiger partial charge in [0, 0.05) is 12.3 Å². The first-order valence-corrected chi connectivity index (χ1v) is 6.51. The Labute approximate surface area is 92.8 Å². The number of rotatable bonds is 4. The van der Waals surface area contributed by atoms with E-state index in [1.807, 2.05) is 0 Å². The van der Waals surface area contributed by atoms with E-state index in [1.54, 1.807) is 0 Å². The summed E-state index contributed by atoms with van der Waals surface area (Å²) < 4.78 is 0. The zero-order valence-electron chi connectivity index (χ0n) is 9.80. The van der Waals surface area contributed by atoms with E-state index >= 15 is 0 Å². The van der Waals surface area contributed by atoms with Gasteiger partial charge in [-0.3, -0.25) is 4.79 Å². The van der Waals surface area contributed by atoms with E-state index in [2.05, 4.69) is 12.2 Å². The molecule has 2 atom stereocenters. The van der Waals surface area contributed by atoms with Crippen LogP contribution >= 0.6 is 0 Å². The van der Waals surface area contributed by atoms with Crippen LogP contribution in [0.3, 0.4) is 0 Å². The van der Waals surface area contributed by atoms with Gasteiger partial charge >= 0.3 is 0 Å². The van der Waals surface area contributed by atoms with Gasteiger partial charge in [0.1, 0.15) is 5.78 Å². The molecule has 0 bridgehead atoms. The maximum Gasteiger partial charge on any atom is 0.136 e. The topological polar surface area (TPSA) is 29.1 Å². The van der Waals surface area contributed by atoms with Crippen molar-refractivity contribution < 1.29 is 4.79 Å². The van der Waals surface area contributed by atoms with Crippen molar-refractivity contribution in [3.05, 3.63) is 0 Å². The molecule has 0 spiro atoms. The summed E-state index contributed by atoms with van der Waals surface area (Å²) in [4.78, 5) is 11.9. The Morgan fingerprint density at radius 2 is 2.13 bits per heavy atom. The Bertz CT molecular complexity index is 217. The summed E-state index contributed by atoms with van der Waals surface area (Å²) in [6, 6.07) is 0. The standard InChI is InChI=1S/C13H23NO/c1-10(12-6-3-7-14-9-12)8-13(15)11-4-2-5-11/h10-12,14H,2-9H2,1H3. The molecule has 0 aromatic carbocycles. The fraction of sp³-hybridized carbons (Fsp3) is 0.923. The van der Waals surface area contributed by atoms with Gasteiger partial charge in [0.15, 0.2) is 0 Å². The van der Waals surface area contributed by atoms with Gasteiger partial charge in [0.25, 0.3) is 0 Å². The van der Waals surface area contributed by atoms with Gasteiger partial charge in [-0.25, -0.2) is 0 Å². The Morgan fingerprint density at radius 1 is 1.33 bits per heavy atom. The van der Waals surface area contributed by atoms with Crippen LogP contribution in [-0.4, -0.2) is 18.9 Å². The van der Waals surface area contributed by atoms with Gasteiger partial charge in [-0.2, -0.15) is 0 Å². The minimum Gasteiger partial charge on any atom is -0.316 e. The lowest BCUT2D eigenvalue weighted by Gasteiger charge is -2.30. The fourth-order valence-electron chi connectivity index (χ4n) is 2.75. The summed E-state index contributed by atoms with van der Waals surface area (Å²) in [5, 5.41) is 3.43. The molecule has 2 heteroatoms. The number of hydrogen-bond donors (Lipinski definition) is 1. The number of nitrogens with one attached hydrogen (secondary N) is 1.